The molecule has 3 nitrogen and oxygen atoms in total. The van der Waals surface area contributed by atoms with E-state index >= 15 is 0 Å². The number of nitrogens with two attached hydrogens (primary N) is 1. The fourth-order valence-corrected chi connectivity index (χ4v) is 1.89. The lowest BCUT2D eigenvalue weighted by atomic mass is 10.1. The Balaban J connectivity index is 2.34. The third-order valence-corrected chi connectivity index (χ3v) is 2.62. The van der Waals surface area contributed by atoms with Crippen LogP contribution in [0.2, 0.25) is 0 Å². The van der Waals surface area contributed by atoms with Crippen molar-refractivity contribution in [2.24, 2.45) is 5.84 Å². The molecule has 13 heavy (non-hydrogen) atoms. The average molecular weight is 177 g/mol. The fraction of sp³-hybridized carbons (Fsp3) is 0.400. The van der Waals surface area contributed by atoms with E-state index in [4.69, 9.17) is 5.84 Å². The third kappa shape index (κ3) is 1.35. The molecule has 0 radical (unpaired) electrons. The van der Waals surface area contributed by atoms with E-state index in [1.165, 1.54) is 11.3 Å². The third-order valence-electron chi connectivity index (χ3n) is 2.62. The van der Waals surface area contributed by atoms with Crippen molar-refractivity contribution >= 4 is 11.4 Å². The van der Waals surface area contributed by atoms with E-state index in [-0.39, 0.29) is 0 Å². The quantitative estimate of drug-likeness (QED) is 0.529. The van der Waals surface area contributed by atoms with Crippen LogP contribution in [0.1, 0.15) is 12.5 Å². The van der Waals surface area contributed by atoms with Gasteiger partial charge in [0.1, 0.15) is 0 Å². The summed E-state index contributed by atoms with van der Waals surface area (Å²) in [5.74, 6) is 5.35. The first-order valence-electron chi connectivity index (χ1n) is 4.69. The van der Waals surface area contributed by atoms with Gasteiger partial charge in [0.2, 0.25) is 0 Å². The number of nitrogens with zero attached hydrogens (tertiary/aromatic N) is 1. The zero-order valence-corrected chi connectivity index (χ0v) is 7.88. The molecule has 0 aliphatic carbocycles. The van der Waals surface area contributed by atoms with Crippen LogP contribution >= 0.6 is 0 Å². The second-order valence-corrected chi connectivity index (χ2v) is 3.32. The summed E-state index contributed by atoms with van der Waals surface area (Å²) in [6.07, 6.45) is 1.14. The second-order valence-electron chi connectivity index (χ2n) is 3.32. The van der Waals surface area contributed by atoms with Crippen molar-refractivity contribution < 1.29 is 0 Å². The molecule has 3 N–H and O–H groups in total. The summed E-state index contributed by atoms with van der Waals surface area (Å²) in [7, 11) is 0. The highest BCUT2D eigenvalue weighted by molar-refractivity contribution is 5.63. The Bertz CT molecular complexity index is 309. The van der Waals surface area contributed by atoms with Gasteiger partial charge in [-0.15, -0.1) is 0 Å². The summed E-state index contributed by atoms with van der Waals surface area (Å²) in [6.45, 7) is 4.41. The van der Waals surface area contributed by atoms with E-state index in [1.807, 2.05) is 6.07 Å². The van der Waals surface area contributed by atoms with E-state index in [1.54, 1.807) is 0 Å². The predicted octanol–water partition coefficient (Wildman–Crippen LogP) is 1.35. The zero-order valence-electron chi connectivity index (χ0n) is 7.88. The van der Waals surface area contributed by atoms with Crippen LogP contribution in [0.15, 0.2) is 18.2 Å². The maximum atomic E-state index is 5.35. The molecule has 3 heteroatoms. The highest BCUT2D eigenvalue weighted by atomic mass is 15.2. The molecular formula is C10H15N3. The van der Waals surface area contributed by atoms with Crippen LogP contribution in [-0.2, 0) is 6.42 Å². The van der Waals surface area contributed by atoms with Gasteiger partial charge in [-0.2, -0.15) is 0 Å². The van der Waals surface area contributed by atoms with Crippen molar-refractivity contribution in [3.63, 3.8) is 0 Å². The van der Waals surface area contributed by atoms with Gasteiger partial charge in [-0.3, -0.25) is 5.84 Å². The molecule has 0 fully saturated rings. The number of hydrogen-bond donors (Lipinski definition) is 2. The molecule has 2 rings (SSSR count). The van der Waals surface area contributed by atoms with Crippen LogP contribution in [0.5, 0.6) is 0 Å². The summed E-state index contributed by atoms with van der Waals surface area (Å²) in [5, 5.41) is 0. The van der Waals surface area contributed by atoms with E-state index in [9.17, 15) is 0 Å². The van der Waals surface area contributed by atoms with Gasteiger partial charge >= 0.3 is 0 Å². The van der Waals surface area contributed by atoms with Crippen molar-refractivity contribution in [1.29, 1.82) is 0 Å². The van der Waals surface area contributed by atoms with E-state index in [2.05, 4.69) is 29.4 Å². The summed E-state index contributed by atoms with van der Waals surface area (Å²) in [5.41, 5.74) is 6.43. The molecule has 0 amide bonds. The van der Waals surface area contributed by atoms with Crippen LogP contribution in [0.25, 0.3) is 0 Å². The first kappa shape index (κ1) is 8.38. The fourth-order valence-electron chi connectivity index (χ4n) is 1.89. The number of hydrogen-bond acceptors (Lipinski definition) is 3. The van der Waals surface area contributed by atoms with Gasteiger partial charge in [-0.25, -0.2) is 0 Å². The van der Waals surface area contributed by atoms with Crippen molar-refractivity contribution in [3.05, 3.63) is 23.8 Å². The van der Waals surface area contributed by atoms with Crippen molar-refractivity contribution in [2.75, 3.05) is 23.4 Å². The molecule has 0 unspecified atom stereocenters. The Labute approximate surface area is 78.5 Å². The summed E-state index contributed by atoms with van der Waals surface area (Å²) >= 11 is 0. The minimum atomic E-state index is 0.997. The maximum absolute atomic E-state index is 5.35. The number of rotatable bonds is 2. The maximum Gasteiger partial charge on any atom is 0.0489 e. The van der Waals surface area contributed by atoms with Crippen LogP contribution in [-0.4, -0.2) is 13.1 Å². The second kappa shape index (κ2) is 3.26. The van der Waals surface area contributed by atoms with E-state index < -0.39 is 0 Å². The van der Waals surface area contributed by atoms with Crippen LogP contribution in [0.4, 0.5) is 11.4 Å². The van der Waals surface area contributed by atoms with Gasteiger partial charge < -0.3 is 10.3 Å². The first-order valence-corrected chi connectivity index (χ1v) is 4.69. The monoisotopic (exact) mass is 177 g/mol. The molecule has 0 bridgehead atoms. The van der Waals surface area contributed by atoms with Gasteiger partial charge in [0.05, 0.1) is 0 Å². The van der Waals surface area contributed by atoms with Gasteiger partial charge in [-0.05, 0) is 37.1 Å². The molecular weight excluding hydrogens is 162 g/mol. The number of nitrogen functional groups attached to an aromatic ring is 1. The molecule has 1 aromatic carbocycles. The lowest BCUT2D eigenvalue weighted by molar-refractivity contribution is 0.868. The lowest BCUT2D eigenvalue weighted by Gasteiger charge is -2.16. The molecule has 0 aromatic heterocycles. The number of nitrogens with one attached hydrogen (secondary N) is 1. The molecule has 1 aromatic rings. The topological polar surface area (TPSA) is 41.3 Å². The SMILES string of the molecule is CCN1CCc2cc(NN)ccc21. The van der Waals surface area contributed by atoms with Crippen LogP contribution < -0.4 is 16.2 Å². The van der Waals surface area contributed by atoms with E-state index in [0.717, 1.165) is 25.2 Å². The largest absolute Gasteiger partial charge is 0.371 e. The zero-order chi connectivity index (χ0) is 9.26. The smallest absolute Gasteiger partial charge is 0.0489 e. The Morgan fingerprint density at radius 3 is 3.08 bits per heavy atom. The van der Waals surface area contributed by atoms with Crippen molar-refractivity contribution in [3.8, 4) is 0 Å². The Morgan fingerprint density at radius 2 is 2.38 bits per heavy atom. The Kier molecular flexibility index (Phi) is 2.10. The van der Waals surface area contributed by atoms with Gasteiger partial charge in [0.15, 0.2) is 0 Å². The van der Waals surface area contributed by atoms with Gasteiger partial charge in [-0.1, -0.05) is 0 Å². The van der Waals surface area contributed by atoms with Crippen molar-refractivity contribution in [1.82, 2.24) is 0 Å². The molecule has 1 heterocycles. The first-order chi connectivity index (χ1) is 6.35. The van der Waals surface area contributed by atoms with E-state index in [0.29, 0.717) is 0 Å². The predicted molar refractivity (Wildman–Crippen MR) is 55.8 cm³/mol. The minimum absolute atomic E-state index is 0.997. The minimum Gasteiger partial charge on any atom is -0.371 e. The van der Waals surface area contributed by atoms with Crippen LogP contribution in [0, 0.1) is 0 Å². The standard InChI is InChI=1S/C10H15N3/c1-2-13-6-5-8-7-9(12-11)3-4-10(8)13/h3-4,7,12H,2,5-6,11H2,1H3. The number of benzene rings is 1. The molecule has 0 atom stereocenters. The molecule has 0 saturated heterocycles. The normalized spacial score (nSPS) is 14.5. The van der Waals surface area contributed by atoms with Crippen molar-refractivity contribution in [2.45, 2.75) is 13.3 Å². The molecule has 1 aliphatic rings. The summed E-state index contributed by atoms with van der Waals surface area (Å²) in [6, 6.07) is 6.29. The van der Waals surface area contributed by atoms with Crippen LogP contribution in [0.3, 0.4) is 0 Å². The Hall–Kier alpha value is -1.22. The number of anilines is 2. The number of fused-ring (bicyclic) bond motifs is 1. The average Bonchev–Trinajstić information content (AvgIpc) is 2.59. The van der Waals surface area contributed by atoms with Gasteiger partial charge in [0, 0.05) is 24.5 Å². The number of likely N-dealkylation sites (N-methyl/N-ethyl adjacent to an activating group) is 1. The lowest BCUT2D eigenvalue weighted by Crippen LogP contribution is -2.19. The molecule has 0 spiro atoms. The molecule has 0 saturated carbocycles. The highest BCUT2D eigenvalue weighted by Crippen LogP contribution is 2.29. The molecule has 70 valence electrons. The van der Waals surface area contributed by atoms with Gasteiger partial charge in [0.25, 0.3) is 0 Å². The Morgan fingerprint density at radius 1 is 1.54 bits per heavy atom. The number of hydrazine groups is 1. The summed E-state index contributed by atoms with van der Waals surface area (Å²) < 4.78 is 0. The molecule has 1 aliphatic heterocycles. The summed E-state index contributed by atoms with van der Waals surface area (Å²) in [4.78, 5) is 2.38. The highest BCUT2D eigenvalue weighted by Gasteiger charge is 2.16.